The van der Waals surface area contributed by atoms with Crippen LogP contribution in [0.15, 0.2) is 48.0 Å². The van der Waals surface area contributed by atoms with E-state index in [0.29, 0.717) is 5.82 Å². The Balaban J connectivity index is 1.43. The Hall–Kier alpha value is -2.47. The highest BCUT2D eigenvalue weighted by molar-refractivity contribution is 7.14. The molecule has 0 atom stereocenters. The van der Waals surface area contributed by atoms with Gasteiger partial charge in [-0.15, -0.1) is 16.4 Å². The van der Waals surface area contributed by atoms with Gasteiger partial charge in [-0.05, 0) is 30.4 Å². The zero-order valence-electron chi connectivity index (χ0n) is 13.2. The van der Waals surface area contributed by atoms with Crippen molar-refractivity contribution in [1.29, 1.82) is 0 Å². The third-order valence-corrected chi connectivity index (χ3v) is 5.42. The molecule has 0 aliphatic carbocycles. The molecule has 5 nitrogen and oxygen atoms in total. The summed E-state index contributed by atoms with van der Waals surface area (Å²) in [6, 6.07) is 12.0. The van der Waals surface area contributed by atoms with Crippen molar-refractivity contribution in [2.45, 2.75) is 12.8 Å². The molecule has 122 valence electrons. The predicted molar refractivity (Wildman–Crippen MR) is 97.4 cm³/mol. The number of hydrogen-bond donors (Lipinski definition) is 1. The Morgan fingerprint density at radius 2 is 2.00 bits per heavy atom. The molecular weight excluding hydrogens is 320 g/mol. The van der Waals surface area contributed by atoms with E-state index < -0.39 is 0 Å². The predicted octanol–water partition coefficient (Wildman–Crippen LogP) is 3.55. The highest BCUT2D eigenvalue weighted by Crippen LogP contribution is 2.28. The van der Waals surface area contributed by atoms with Crippen LogP contribution in [0.1, 0.15) is 12.8 Å². The van der Waals surface area contributed by atoms with Crippen molar-refractivity contribution >= 4 is 38.8 Å². The maximum absolute atomic E-state index is 12.6. The van der Waals surface area contributed by atoms with Crippen molar-refractivity contribution in [3.05, 3.63) is 48.0 Å². The molecule has 3 aromatic rings. The zero-order chi connectivity index (χ0) is 16.4. The number of carbonyl (C=O) groups excluding carboxylic acids is 1. The number of aromatic nitrogens is 2. The lowest BCUT2D eigenvalue weighted by Crippen LogP contribution is -2.38. The van der Waals surface area contributed by atoms with Crippen LogP contribution < -0.4 is 10.2 Å². The van der Waals surface area contributed by atoms with Gasteiger partial charge in [-0.3, -0.25) is 4.79 Å². The van der Waals surface area contributed by atoms with Gasteiger partial charge in [-0.2, -0.15) is 5.10 Å². The van der Waals surface area contributed by atoms with Gasteiger partial charge < -0.3 is 10.2 Å². The second-order valence-corrected chi connectivity index (χ2v) is 6.91. The maximum atomic E-state index is 12.6. The van der Waals surface area contributed by atoms with E-state index in [2.05, 4.69) is 37.9 Å². The van der Waals surface area contributed by atoms with Gasteiger partial charge in [-0.1, -0.05) is 24.3 Å². The van der Waals surface area contributed by atoms with E-state index >= 15 is 0 Å². The molecule has 1 amide bonds. The molecule has 2 aromatic heterocycles. The number of carbonyl (C=O) groups is 1. The minimum Gasteiger partial charge on any atom is -0.363 e. The number of piperidine rings is 1. The molecule has 1 fully saturated rings. The molecule has 0 bridgehead atoms. The monoisotopic (exact) mass is 338 g/mol. The third kappa shape index (κ3) is 2.97. The summed E-state index contributed by atoms with van der Waals surface area (Å²) in [7, 11) is 0. The average Bonchev–Trinajstić information content (AvgIpc) is 3.17. The summed E-state index contributed by atoms with van der Waals surface area (Å²) in [5.74, 6) is 0.632. The first-order valence-electron chi connectivity index (χ1n) is 8.11. The van der Waals surface area contributed by atoms with Gasteiger partial charge in [0.2, 0.25) is 5.91 Å². The Morgan fingerprint density at radius 3 is 2.79 bits per heavy atom. The molecule has 0 spiro atoms. The molecule has 0 saturated carbocycles. The molecule has 1 aromatic carbocycles. The van der Waals surface area contributed by atoms with Crippen LogP contribution in [0.2, 0.25) is 0 Å². The van der Waals surface area contributed by atoms with Crippen LogP contribution in [0.25, 0.3) is 10.8 Å². The molecule has 1 aliphatic rings. The van der Waals surface area contributed by atoms with Crippen molar-refractivity contribution in [3.8, 4) is 0 Å². The first-order valence-corrected chi connectivity index (χ1v) is 8.99. The molecule has 6 heteroatoms. The van der Waals surface area contributed by atoms with Crippen molar-refractivity contribution in [3.63, 3.8) is 0 Å². The molecule has 24 heavy (non-hydrogen) atoms. The fourth-order valence-corrected chi connectivity index (χ4v) is 3.94. The lowest BCUT2D eigenvalue weighted by atomic mass is 9.96. The maximum Gasteiger partial charge on any atom is 0.228 e. The van der Waals surface area contributed by atoms with E-state index in [9.17, 15) is 4.79 Å². The fraction of sp³-hybridized carbons (Fsp3) is 0.278. The zero-order valence-corrected chi connectivity index (χ0v) is 14.0. The van der Waals surface area contributed by atoms with Crippen LogP contribution in [-0.2, 0) is 4.79 Å². The average molecular weight is 338 g/mol. The van der Waals surface area contributed by atoms with Gasteiger partial charge in [0.15, 0.2) is 5.82 Å². The van der Waals surface area contributed by atoms with E-state index in [0.717, 1.165) is 36.7 Å². The number of amides is 1. The largest absolute Gasteiger partial charge is 0.363 e. The second-order valence-electron chi connectivity index (χ2n) is 5.98. The lowest BCUT2D eigenvalue weighted by Gasteiger charge is -2.31. The normalized spacial score (nSPS) is 15.6. The number of benzene rings is 1. The number of nitrogens with one attached hydrogen (secondary N) is 1. The number of thiophene rings is 1. The van der Waals surface area contributed by atoms with E-state index in [1.807, 2.05) is 24.3 Å². The van der Waals surface area contributed by atoms with Crippen molar-refractivity contribution < 1.29 is 4.79 Å². The molecular formula is C18H18N4OS. The molecule has 0 radical (unpaired) electrons. The summed E-state index contributed by atoms with van der Waals surface area (Å²) in [5.41, 5.74) is 0. The van der Waals surface area contributed by atoms with Gasteiger partial charge in [-0.25, -0.2) is 0 Å². The Kier molecular flexibility index (Phi) is 4.13. The third-order valence-electron chi connectivity index (χ3n) is 4.50. The standard InChI is InChI=1S/C18H18N4OS/c23-18(13-7-9-22(10-8-13)16-6-3-11-24-16)20-17-15-5-2-1-4-14(15)12-19-21-17/h1-6,11-13H,7-10H2,(H,20,21,23). The molecule has 1 saturated heterocycles. The van der Waals surface area contributed by atoms with Crippen LogP contribution in [0.3, 0.4) is 0 Å². The Morgan fingerprint density at radius 1 is 1.17 bits per heavy atom. The second kappa shape index (κ2) is 6.57. The van der Waals surface area contributed by atoms with Gasteiger partial charge in [0.25, 0.3) is 0 Å². The quantitative estimate of drug-likeness (QED) is 0.793. The van der Waals surface area contributed by atoms with Gasteiger partial charge in [0.1, 0.15) is 0 Å². The van der Waals surface area contributed by atoms with E-state index in [4.69, 9.17) is 0 Å². The lowest BCUT2D eigenvalue weighted by molar-refractivity contribution is -0.120. The highest BCUT2D eigenvalue weighted by Gasteiger charge is 2.26. The van der Waals surface area contributed by atoms with Crippen LogP contribution in [-0.4, -0.2) is 29.2 Å². The molecule has 3 heterocycles. The molecule has 4 rings (SSSR count). The summed E-state index contributed by atoms with van der Waals surface area (Å²) in [6.45, 7) is 1.83. The first-order chi connectivity index (χ1) is 11.8. The van der Waals surface area contributed by atoms with Crippen molar-refractivity contribution in [1.82, 2.24) is 10.2 Å². The van der Waals surface area contributed by atoms with Crippen LogP contribution >= 0.6 is 11.3 Å². The fourth-order valence-electron chi connectivity index (χ4n) is 3.15. The number of anilines is 2. The van der Waals surface area contributed by atoms with Gasteiger partial charge >= 0.3 is 0 Å². The number of nitrogens with zero attached hydrogens (tertiary/aromatic N) is 3. The van der Waals surface area contributed by atoms with Crippen molar-refractivity contribution in [2.75, 3.05) is 23.3 Å². The smallest absolute Gasteiger partial charge is 0.228 e. The van der Waals surface area contributed by atoms with Crippen LogP contribution in [0.4, 0.5) is 10.8 Å². The Labute approximate surface area is 144 Å². The summed E-state index contributed by atoms with van der Waals surface area (Å²) in [6.07, 6.45) is 3.44. The first kappa shape index (κ1) is 15.1. The summed E-state index contributed by atoms with van der Waals surface area (Å²) < 4.78 is 0. The minimum absolute atomic E-state index is 0.0296. The molecule has 0 unspecified atom stereocenters. The van der Waals surface area contributed by atoms with Crippen LogP contribution in [0.5, 0.6) is 0 Å². The van der Waals surface area contributed by atoms with Gasteiger partial charge in [0.05, 0.1) is 11.2 Å². The minimum atomic E-state index is 0.0296. The summed E-state index contributed by atoms with van der Waals surface area (Å²) in [5, 5.41) is 16.4. The van der Waals surface area contributed by atoms with E-state index in [1.165, 1.54) is 5.00 Å². The van der Waals surface area contributed by atoms with E-state index in [-0.39, 0.29) is 11.8 Å². The topological polar surface area (TPSA) is 58.1 Å². The number of hydrogen-bond acceptors (Lipinski definition) is 5. The highest BCUT2D eigenvalue weighted by atomic mass is 32.1. The van der Waals surface area contributed by atoms with E-state index in [1.54, 1.807) is 17.5 Å². The summed E-state index contributed by atoms with van der Waals surface area (Å²) in [4.78, 5) is 15.0. The van der Waals surface area contributed by atoms with Crippen molar-refractivity contribution in [2.24, 2.45) is 5.92 Å². The van der Waals surface area contributed by atoms with Crippen LogP contribution in [0, 0.1) is 5.92 Å². The molecule has 1 N–H and O–H groups in total. The SMILES string of the molecule is O=C(Nc1nncc2ccccc12)C1CCN(c2cccs2)CC1. The number of fused-ring (bicyclic) bond motifs is 1. The Bertz CT molecular complexity index is 836. The summed E-state index contributed by atoms with van der Waals surface area (Å²) >= 11 is 1.75. The molecule has 1 aliphatic heterocycles. The number of rotatable bonds is 3. The van der Waals surface area contributed by atoms with Gasteiger partial charge in [0, 0.05) is 29.8 Å².